The fourth-order valence-corrected chi connectivity index (χ4v) is 9.83. The van der Waals surface area contributed by atoms with Crippen molar-refractivity contribution in [3.63, 3.8) is 0 Å². The van der Waals surface area contributed by atoms with Gasteiger partial charge in [0.25, 0.3) is 0 Å². The highest BCUT2D eigenvalue weighted by Gasteiger charge is 2.22. The zero-order valence-corrected chi connectivity index (χ0v) is 31.4. The van der Waals surface area contributed by atoms with Gasteiger partial charge in [0.15, 0.2) is 17.5 Å². The van der Waals surface area contributed by atoms with Crippen LogP contribution in [0.1, 0.15) is 0 Å². The number of nitrogens with zero attached hydrogens (tertiary/aromatic N) is 5. The third-order valence-electron chi connectivity index (χ3n) is 11.2. The van der Waals surface area contributed by atoms with Gasteiger partial charge in [-0.1, -0.05) is 133 Å². The number of para-hydroxylation sites is 3. The molecule has 0 spiro atoms. The predicted molar refractivity (Wildman–Crippen MR) is 238 cm³/mol. The molecule has 0 aliphatic rings. The van der Waals surface area contributed by atoms with E-state index >= 15 is 0 Å². The summed E-state index contributed by atoms with van der Waals surface area (Å²) in [5.41, 5.74) is 9.77. The Morgan fingerprint density at radius 2 is 0.895 bits per heavy atom. The van der Waals surface area contributed by atoms with Crippen LogP contribution < -0.4 is 0 Å². The van der Waals surface area contributed by atoms with Crippen molar-refractivity contribution in [1.82, 2.24) is 24.1 Å². The Kier molecular flexibility index (Phi) is 7.03. The molecule has 12 aromatic rings. The first-order valence-corrected chi connectivity index (χ1v) is 19.9. The van der Waals surface area contributed by atoms with Gasteiger partial charge in [0, 0.05) is 64.1 Å². The lowest BCUT2D eigenvalue weighted by atomic mass is 10.0. The van der Waals surface area contributed by atoms with Gasteiger partial charge >= 0.3 is 0 Å². The zero-order valence-electron chi connectivity index (χ0n) is 30.5. The molecule has 0 aliphatic carbocycles. The first-order valence-electron chi connectivity index (χ1n) is 19.1. The summed E-state index contributed by atoms with van der Waals surface area (Å²) in [6.07, 6.45) is 0. The Hall–Kier alpha value is -7.41. The summed E-state index contributed by atoms with van der Waals surface area (Å²) in [5, 5.41) is 7.47. The van der Waals surface area contributed by atoms with Gasteiger partial charge in [0.2, 0.25) is 0 Å². The van der Waals surface area contributed by atoms with E-state index in [0.717, 1.165) is 33.4 Å². The van der Waals surface area contributed by atoms with Gasteiger partial charge in [-0.2, -0.15) is 0 Å². The number of thiophene rings is 1. The largest absolute Gasteiger partial charge is 0.309 e. The van der Waals surface area contributed by atoms with Crippen molar-refractivity contribution in [2.75, 3.05) is 0 Å². The van der Waals surface area contributed by atoms with Crippen LogP contribution in [-0.4, -0.2) is 24.1 Å². The number of benzene rings is 8. The monoisotopic (exact) mass is 745 g/mol. The Morgan fingerprint density at radius 3 is 1.54 bits per heavy atom. The second-order valence-electron chi connectivity index (χ2n) is 14.4. The van der Waals surface area contributed by atoms with Crippen molar-refractivity contribution in [1.29, 1.82) is 0 Å². The molecule has 57 heavy (non-hydrogen) atoms. The van der Waals surface area contributed by atoms with Crippen molar-refractivity contribution < 1.29 is 0 Å². The molecule has 0 unspecified atom stereocenters. The van der Waals surface area contributed by atoms with Crippen LogP contribution >= 0.6 is 11.3 Å². The number of hydrogen-bond donors (Lipinski definition) is 0. The van der Waals surface area contributed by atoms with Crippen molar-refractivity contribution in [2.45, 2.75) is 0 Å². The molecule has 0 aliphatic heterocycles. The topological polar surface area (TPSA) is 48.5 Å². The predicted octanol–water partition coefficient (Wildman–Crippen LogP) is 13.4. The quantitative estimate of drug-likeness (QED) is 0.176. The van der Waals surface area contributed by atoms with Crippen LogP contribution in [0.5, 0.6) is 0 Å². The Morgan fingerprint density at radius 1 is 0.333 bits per heavy atom. The first-order chi connectivity index (χ1) is 28.3. The Bertz CT molecular complexity index is 3400. The summed E-state index contributed by atoms with van der Waals surface area (Å²) in [5.74, 6) is 1.92. The maximum absolute atomic E-state index is 5.10. The zero-order chi connectivity index (χ0) is 37.5. The minimum atomic E-state index is 0.634. The van der Waals surface area contributed by atoms with E-state index in [0.29, 0.717) is 17.5 Å². The van der Waals surface area contributed by atoms with E-state index in [1.165, 1.54) is 58.4 Å². The molecule has 4 heterocycles. The normalized spacial score (nSPS) is 11.9. The summed E-state index contributed by atoms with van der Waals surface area (Å²) >= 11 is 1.86. The average Bonchev–Trinajstić information content (AvgIpc) is 3.94. The van der Waals surface area contributed by atoms with Gasteiger partial charge in [-0.15, -0.1) is 11.3 Å². The molecule has 0 saturated heterocycles. The van der Waals surface area contributed by atoms with Crippen LogP contribution in [0.25, 0.3) is 109 Å². The average molecular weight is 746 g/mol. The van der Waals surface area contributed by atoms with Gasteiger partial charge in [0.05, 0.1) is 27.8 Å². The highest BCUT2D eigenvalue weighted by atomic mass is 32.1. The lowest BCUT2D eigenvalue weighted by molar-refractivity contribution is 1.07. The summed E-state index contributed by atoms with van der Waals surface area (Å²) in [6, 6.07) is 66.6. The number of aromatic nitrogens is 5. The van der Waals surface area contributed by atoms with Gasteiger partial charge < -0.3 is 9.13 Å². The number of fused-ring (bicyclic) bond motifs is 10. The molecule has 0 atom stereocenters. The van der Waals surface area contributed by atoms with E-state index < -0.39 is 0 Å². The third kappa shape index (κ3) is 4.91. The highest BCUT2D eigenvalue weighted by molar-refractivity contribution is 7.26. The van der Waals surface area contributed by atoms with Gasteiger partial charge in [-0.05, 0) is 54.6 Å². The molecule has 0 amide bonds. The first kappa shape index (κ1) is 31.9. The molecule has 5 nitrogen and oxygen atoms in total. The van der Waals surface area contributed by atoms with E-state index in [4.69, 9.17) is 15.0 Å². The van der Waals surface area contributed by atoms with Crippen LogP contribution in [0.2, 0.25) is 0 Å². The second-order valence-corrected chi connectivity index (χ2v) is 15.5. The highest BCUT2D eigenvalue weighted by Crippen LogP contribution is 2.47. The van der Waals surface area contributed by atoms with E-state index in [2.05, 4.69) is 137 Å². The molecule has 12 rings (SSSR count). The molecule has 6 heteroatoms. The van der Waals surface area contributed by atoms with Crippen LogP contribution in [0.15, 0.2) is 188 Å². The SMILES string of the molecule is c1ccc(-c2nc(-c3ccccc3)nc(-c3ccc4c5c6c(ccc5n(-c5ccccc5)c4c3)sc3cccc(-n4c5ccccc5c5ccccc54)c36)n2)cc1. The summed E-state index contributed by atoms with van der Waals surface area (Å²) in [6.45, 7) is 0. The fourth-order valence-electron chi connectivity index (χ4n) is 8.70. The maximum Gasteiger partial charge on any atom is 0.164 e. The van der Waals surface area contributed by atoms with Crippen LogP contribution in [0.4, 0.5) is 0 Å². The summed E-state index contributed by atoms with van der Waals surface area (Å²) in [4.78, 5) is 15.2. The van der Waals surface area contributed by atoms with E-state index in [1.54, 1.807) is 0 Å². The smallest absolute Gasteiger partial charge is 0.164 e. The van der Waals surface area contributed by atoms with Crippen molar-refractivity contribution in [3.8, 4) is 45.5 Å². The molecular formula is C51H31N5S. The molecule has 4 aromatic heterocycles. The molecule has 0 saturated carbocycles. The Labute approximate surface area is 331 Å². The number of rotatable bonds is 5. The lowest BCUT2D eigenvalue weighted by Crippen LogP contribution is -2.00. The fraction of sp³-hybridized carbons (Fsp3) is 0. The molecule has 0 fully saturated rings. The molecule has 266 valence electrons. The van der Waals surface area contributed by atoms with E-state index in [1.807, 2.05) is 72.0 Å². The van der Waals surface area contributed by atoms with Gasteiger partial charge in [0.1, 0.15) is 0 Å². The minimum Gasteiger partial charge on any atom is -0.309 e. The lowest BCUT2D eigenvalue weighted by Gasteiger charge is -2.11. The summed E-state index contributed by atoms with van der Waals surface area (Å²) in [7, 11) is 0. The van der Waals surface area contributed by atoms with Crippen LogP contribution in [0, 0.1) is 0 Å². The van der Waals surface area contributed by atoms with Gasteiger partial charge in [-0.25, -0.2) is 15.0 Å². The van der Waals surface area contributed by atoms with Crippen molar-refractivity contribution in [2.24, 2.45) is 0 Å². The Balaban J connectivity index is 1.17. The van der Waals surface area contributed by atoms with Gasteiger partial charge in [-0.3, -0.25) is 0 Å². The van der Waals surface area contributed by atoms with Crippen LogP contribution in [-0.2, 0) is 0 Å². The summed E-state index contributed by atoms with van der Waals surface area (Å²) < 4.78 is 7.39. The van der Waals surface area contributed by atoms with Crippen LogP contribution in [0.3, 0.4) is 0 Å². The second kappa shape index (κ2) is 12.6. The molecule has 0 N–H and O–H groups in total. The molecular weight excluding hydrogens is 715 g/mol. The minimum absolute atomic E-state index is 0.634. The maximum atomic E-state index is 5.10. The van der Waals surface area contributed by atoms with Crippen molar-refractivity contribution in [3.05, 3.63) is 188 Å². The van der Waals surface area contributed by atoms with E-state index in [9.17, 15) is 0 Å². The van der Waals surface area contributed by atoms with Crippen molar-refractivity contribution >= 4 is 75.1 Å². The van der Waals surface area contributed by atoms with E-state index in [-0.39, 0.29) is 0 Å². The molecule has 0 bridgehead atoms. The molecule has 8 aromatic carbocycles. The molecule has 0 radical (unpaired) electrons. The number of hydrogen-bond acceptors (Lipinski definition) is 4. The standard InChI is InChI=1S/C51H31N5S/c1-4-15-32(16-5-1)49-52-50(33-17-6-2-7-18-33)54-51(53-49)34-27-28-38-43(31-34)55(35-19-8-3-9-20-35)42-29-30-45-48(46(38)42)47-41(25-14-26-44(47)57-45)56-39-23-12-10-21-36(39)37-22-11-13-24-40(37)56/h1-31H. The third-order valence-corrected chi connectivity index (χ3v) is 12.3.